The van der Waals surface area contributed by atoms with Crippen LogP contribution in [0.25, 0.3) is 0 Å². The van der Waals surface area contributed by atoms with E-state index in [-0.39, 0.29) is 0 Å². The molecule has 15 heavy (non-hydrogen) atoms. The van der Waals surface area contributed by atoms with Crippen molar-refractivity contribution >= 4 is 0 Å². The zero-order chi connectivity index (χ0) is 11.1. The Morgan fingerprint density at radius 3 is 2.13 bits per heavy atom. The normalized spacial score (nSPS) is 20.2. The summed E-state index contributed by atoms with van der Waals surface area (Å²) < 4.78 is 0. The van der Waals surface area contributed by atoms with E-state index in [9.17, 15) is 0 Å². The van der Waals surface area contributed by atoms with Crippen LogP contribution >= 0.6 is 0 Å². The van der Waals surface area contributed by atoms with Gasteiger partial charge in [-0.05, 0) is 39.0 Å². The van der Waals surface area contributed by atoms with Crippen molar-refractivity contribution in [1.82, 2.24) is 0 Å². The fourth-order valence-corrected chi connectivity index (χ4v) is 2.70. The second kappa shape index (κ2) is 7.09. The third-order valence-corrected chi connectivity index (χ3v) is 4.01. The molecule has 0 aromatic rings. The van der Waals surface area contributed by atoms with E-state index in [1.54, 1.807) is 11.1 Å². The standard InChI is InChI=1S/C15H28/c1-4-8-13(2)14(3)11-12-15-9-6-5-7-10-15/h15H,4-12H2,1-3H3. The summed E-state index contributed by atoms with van der Waals surface area (Å²) in [6, 6.07) is 0. The average molecular weight is 208 g/mol. The monoisotopic (exact) mass is 208 g/mol. The van der Waals surface area contributed by atoms with Crippen LogP contribution in [0.1, 0.15) is 78.6 Å². The molecule has 0 unspecified atom stereocenters. The van der Waals surface area contributed by atoms with E-state index in [4.69, 9.17) is 0 Å². The van der Waals surface area contributed by atoms with Gasteiger partial charge in [0.15, 0.2) is 0 Å². The SMILES string of the molecule is CCCC(C)=C(C)CCC1CCCCC1. The van der Waals surface area contributed by atoms with Crippen molar-refractivity contribution in [2.75, 3.05) is 0 Å². The molecule has 0 aliphatic heterocycles. The topological polar surface area (TPSA) is 0 Å². The molecule has 0 nitrogen and oxygen atoms in total. The Labute approximate surface area is 96.2 Å². The van der Waals surface area contributed by atoms with E-state index in [2.05, 4.69) is 20.8 Å². The summed E-state index contributed by atoms with van der Waals surface area (Å²) in [5.74, 6) is 1.04. The molecule has 0 heteroatoms. The van der Waals surface area contributed by atoms with Crippen LogP contribution in [0, 0.1) is 5.92 Å². The Morgan fingerprint density at radius 2 is 1.53 bits per heavy atom. The molecule has 0 radical (unpaired) electrons. The molecule has 1 aliphatic carbocycles. The van der Waals surface area contributed by atoms with Crippen molar-refractivity contribution in [2.24, 2.45) is 5.92 Å². The minimum absolute atomic E-state index is 1.04. The van der Waals surface area contributed by atoms with Crippen LogP contribution in [-0.2, 0) is 0 Å². The first-order valence-corrected chi connectivity index (χ1v) is 6.89. The molecule has 0 amide bonds. The third-order valence-electron chi connectivity index (χ3n) is 4.01. The van der Waals surface area contributed by atoms with Crippen LogP contribution in [0.4, 0.5) is 0 Å². The first kappa shape index (κ1) is 12.8. The molecule has 0 heterocycles. The first-order valence-electron chi connectivity index (χ1n) is 6.89. The van der Waals surface area contributed by atoms with Crippen LogP contribution < -0.4 is 0 Å². The number of allylic oxidation sites excluding steroid dienone is 2. The van der Waals surface area contributed by atoms with E-state index >= 15 is 0 Å². The molecule has 0 atom stereocenters. The molecular formula is C15H28. The molecule has 0 saturated heterocycles. The summed E-state index contributed by atoms with van der Waals surface area (Å²) in [7, 11) is 0. The van der Waals surface area contributed by atoms with Gasteiger partial charge in [-0.2, -0.15) is 0 Å². The summed E-state index contributed by atoms with van der Waals surface area (Å²) in [6.45, 7) is 6.94. The van der Waals surface area contributed by atoms with Crippen molar-refractivity contribution in [2.45, 2.75) is 78.6 Å². The Bertz CT molecular complexity index is 194. The molecular weight excluding hydrogens is 180 g/mol. The van der Waals surface area contributed by atoms with E-state index < -0.39 is 0 Å². The minimum atomic E-state index is 1.04. The lowest BCUT2D eigenvalue weighted by Crippen LogP contribution is -2.06. The van der Waals surface area contributed by atoms with Gasteiger partial charge in [0.25, 0.3) is 0 Å². The van der Waals surface area contributed by atoms with Crippen LogP contribution in [0.5, 0.6) is 0 Å². The lowest BCUT2D eigenvalue weighted by Gasteiger charge is -2.21. The van der Waals surface area contributed by atoms with Gasteiger partial charge < -0.3 is 0 Å². The summed E-state index contributed by atoms with van der Waals surface area (Å²) in [6.07, 6.45) is 12.9. The van der Waals surface area contributed by atoms with Crippen molar-refractivity contribution < 1.29 is 0 Å². The van der Waals surface area contributed by atoms with Crippen LogP contribution in [0.15, 0.2) is 11.1 Å². The Morgan fingerprint density at radius 1 is 0.933 bits per heavy atom. The largest absolute Gasteiger partial charge is 0.0744 e. The molecule has 0 spiro atoms. The fourth-order valence-electron chi connectivity index (χ4n) is 2.70. The van der Waals surface area contributed by atoms with E-state index in [0.29, 0.717) is 0 Å². The lowest BCUT2D eigenvalue weighted by atomic mass is 9.85. The maximum Gasteiger partial charge on any atom is -0.0318 e. The van der Waals surface area contributed by atoms with Crippen LogP contribution in [0.2, 0.25) is 0 Å². The zero-order valence-electron chi connectivity index (χ0n) is 10.9. The van der Waals surface area contributed by atoms with Gasteiger partial charge in [-0.25, -0.2) is 0 Å². The number of rotatable bonds is 5. The number of hydrogen-bond acceptors (Lipinski definition) is 0. The van der Waals surface area contributed by atoms with E-state index in [1.807, 2.05) is 0 Å². The van der Waals surface area contributed by atoms with E-state index in [0.717, 1.165) is 5.92 Å². The second-order valence-corrected chi connectivity index (χ2v) is 5.35. The molecule has 1 rings (SSSR count). The number of hydrogen-bond donors (Lipinski definition) is 0. The summed E-state index contributed by atoms with van der Waals surface area (Å²) in [5, 5.41) is 0. The van der Waals surface area contributed by atoms with Gasteiger partial charge in [0.2, 0.25) is 0 Å². The highest BCUT2D eigenvalue weighted by atomic mass is 14.2. The molecule has 1 fully saturated rings. The van der Waals surface area contributed by atoms with Crippen molar-refractivity contribution in [3.63, 3.8) is 0 Å². The lowest BCUT2D eigenvalue weighted by molar-refractivity contribution is 0.338. The summed E-state index contributed by atoms with van der Waals surface area (Å²) in [4.78, 5) is 0. The molecule has 0 aromatic heterocycles. The smallest absolute Gasteiger partial charge is 0.0318 e. The quantitative estimate of drug-likeness (QED) is 0.524. The van der Waals surface area contributed by atoms with Gasteiger partial charge in [0, 0.05) is 0 Å². The third kappa shape index (κ3) is 4.86. The van der Waals surface area contributed by atoms with Crippen molar-refractivity contribution in [3.05, 3.63) is 11.1 Å². The molecule has 0 N–H and O–H groups in total. The van der Waals surface area contributed by atoms with Gasteiger partial charge in [0.05, 0.1) is 0 Å². The maximum absolute atomic E-state index is 2.34. The van der Waals surface area contributed by atoms with Crippen LogP contribution in [-0.4, -0.2) is 0 Å². The van der Waals surface area contributed by atoms with Crippen molar-refractivity contribution in [1.29, 1.82) is 0 Å². The van der Waals surface area contributed by atoms with Gasteiger partial charge in [-0.3, -0.25) is 0 Å². The summed E-state index contributed by atoms with van der Waals surface area (Å²) in [5.41, 5.74) is 3.32. The summed E-state index contributed by atoms with van der Waals surface area (Å²) >= 11 is 0. The molecule has 0 bridgehead atoms. The van der Waals surface area contributed by atoms with Gasteiger partial charge in [0.1, 0.15) is 0 Å². The van der Waals surface area contributed by atoms with Crippen LogP contribution in [0.3, 0.4) is 0 Å². The Balaban J connectivity index is 2.25. The van der Waals surface area contributed by atoms with Crippen molar-refractivity contribution in [3.8, 4) is 0 Å². The Kier molecular flexibility index (Phi) is 6.05. The zero-order valence-corrected chi connectivity index (χ0v) is 10.9. The maximum atomic E-state index is 2.34. The highest BCUT2D eigenvalue weighted by Crippen LogP contribution is 2.29. The predicted molar refractivity (Wildman–Crippen MR) is 69.1 cm³/mol. The highest BCUT2D eigenvalue weighted by molar-refractivity contribution is 5.09. The fraction of sp³-hybridized carbons (Fsp3) is 0.867. The molecule has 1 aliphatic rings. The highest BCUT2D eigenvalue weighted by Gasteiger charge is 2.13. The van der Waals surface area contributed by atoms with Gasteiger partial charge >= 0.3 is 0 Å². The second-order valence-electron chi connectivity index (χ2n) is 5.35. The minimum Gasteiger partial charge on any atom is -0.0744 e. The first-order chi connectivity index (χ1) is 7.24. The molecule has 1 saturated carbocycles. The van der Waals surface area contributed by atoms with E-state index in [1.165, 1.54) is 57.8 Å². The van der Waals surface area contributed by atoms with Gasteiger partial charge in [-0.1, -0.05) is 56.6 Å². The van der Waals surface area contributed by atoms with Gasteiger partial charge in [-0.15, -0.1) is 0 Å². The predicted octanol–water partition coefficient (Wildman–Crippen LogP) is 5.48. The molecule has 0 aromatic carbocycles. The average Bonchev–Trinajstić information content (AvgIpc) is 2.27. The Hall–Kier alpha value is -0.260. The molecule has 88 valence electrons.